The van der Waals surface area contributed by atoms with Crippen LogP contribution in [0.3, 0.4) is 0 Å². The van der Waals surface area contributed by atoms with Crippen molar-refractivity contribution in [2.45, 2.75) is 46.1 Å². The maximum atomic E-state index is 13.8. The van der Waals surface area contributed by atoms with Crippen molar-refractivity contribution in [2.75, 3.05) is 5.32 Å². The van der Waals surface area contributed by atoms with Crippen LogP contribution >= 0.6 is 0 Å². The number of carbonyl (C=O) groups is 2. The molecule has 0 heterocycles. The molecule has 2 N–H and O–H groups in total. The lowest BCUT2D eigenvalue weighted by atomic mass is 10.0. The third kappa shape index (κ3) is 5.62. The van der Waals surface area contributed by atoms with Crippen molar-refractivity contribution in [1.82, 2.24) is 5.32 Å². The van der Waals surface area contributed by atoms with E-state index < -0.39 is 35.1 Å². The van der Waals surface area contributed by atoms with Crippen LogP contribution in [-0.2, 0) is 11.2 Å². The van der Waals surface area contributed by atoms with E-state index in [0.717, 1.165) is 31.4 Å². The van der Waals surface area contributed by atoms with Crippen LogP contribution in [0.2, 0.25) is 0 Å². The summed E-state index contributed by atoms with van der Waals surface area (Å²) in [5.74, 6) is -3.62. The Labute approximate surface area is 164 Å². The highest BCUT2D eigenvalue weighted by Gasteiger charge is 2.27. The smallest absolute Gasteiger partial charge is 0.257 e. The van der Waals surface area contributed by atoms with E-state index >= 15 is 0 Å². The number of hydrogen-bond acceptors (Lipinski definition) is 2. The molecule has 1 atom stereocenters. The molecule has 0 aliphatic rings. The minimum absolute atomic E-state index is 0.275. The Kier molecular flexibility index (Phi) is 7.67. The van der Waals surface area contributed by atoms with Gasteiger partial charge in [0.1, 0.15) is 23.2 Å². The van der Waals surface area contributed by atoms with Gasteiger partial charge in [-0.3, -0.25) is 9.59 Å². The number of unbranched alkanes of at least 4 members (excludes halogenated alkanes) is 1. The van der Waals surface area contributed by atoms with Crippen molar-refractivity contribution >= 4 is 17.5 Å². The first-order valence-corrected chi connectivity index (χ1v) is 9.48. The van der Waals surface area contributed by atoms with Crippen LogP contribution in [-0.4, -0.2) is 17.9 Å². The molecule has 0 radical (unpaired) electrons. The molecule has 0 aliphatic heterocycles. The summed E-state index contributed by atoms with van der Waals surface area (Å²) < 4.78 is 27.7. The number of rotatable bonds is 8. The molecule has 2 amide bonds. The average Bonchev–Trinajstić information content (AvgIpc) is 2.65. The predicted octanol–water partition coefficient (Wildman–Crippen LogP) is 4.70. The topological polar surface area (TPSA) is 58.2 Å². The standard InChI is InChI=1S/C22H26F2N2O2/c1-4-5-7-15-10-12-16(13-11-15)25-22(28)20(14(2)3)26-21(27)19-17(23)8-6-9-18(19)24/h6,8-14,20H,4-5,7H2,1-3H3,(H,25,28)(H,26,27)/t20-/m0/s1. The van der Waals surface area contributed by atoms with Gasteiger partial charge in [0, 0.05) is 5.69 Å². The average molecular weight is 388 g/mol. The highest BCUT2D eigenvalue weighted by molar-refractivity contribution is 6.01. The number of halogens is 2. The van der Waals surface area contributed by atoms with Gasteiger partial charge in [-0.1, -0.05) is 45.4 Å². The van der Waals surface area contributed by atoms with E-state index in [2.05, 4.69) is 17.6 Å². The van der Waals surface area contributed by atoms with Gasteiger partial charge in [0.15, 0.2) is 0 Å². The Morgan fingerprint density at radius 3 is 2.14 bits per heavy atom. The van der Waals surface area contributed by atoms with Gasteiger partial charge in [0.25, 0.3) is 5.91 Å². The van der Waals surface area contributed by atoms with Crippen LogP contribution in [0.15, 0.2) is 42.5 Å². The molecule has 2 rings (SSSR count). The van der Waals surface area contributed by atoms with E-state index in [1.807, 2.05) is 12.1 Å². The van der Waals surface area contributed by atoms with E-state index in [9.17, 15) is 18.4 Å². The molecule has 0 spiro atoms. The number of nitrogens with one attached hydrogen (secondary N) is 2. The van der Waals surface area contributed by atoms with Crippen LogP contribution < -0.4 is 10.6 Å². The van der Waals surface area contributed by atoms with Crippen molar-refractivity contribution in [3.8, 4) is 0 Å². The van der Waals surface area contributed by atoms with E-state index in [1.165, 1.54) is 11.6 Å². The maximum Gasteiger partial charge on any atom is 0.257 e. The SMILES string of the molecule is CCCCc1ccc(NC(=O)[C@@H](NC(=O)c2c(F)cccc2F)C(C)C)cc1. The number of aryl methyl sites for hydroxylation is 1. The highest BCUT2D eigenvalue weighted by Crippen LogP contribution is 2.16. The largest absolute Gasteiger partial charge is 0.340 e. The lowest BCUT2D eigenvalue weighted by Crippen LogP contribution is -2.47. The number of benzene rings is 2. The number of hydrogen-bond donors (Lipinski definition) is 2. The fourth-order valence-corrected chi connectivity index (χ4v) is 2.82. The number of anilines is 1. The molecule has 4 nitrogen and oxygen atoms in total. The molecule has 28 heavy (non-hydrogen) atoms. The third-order valence-corrected chi connectivity index (χ3v) is 4.47. The Morgan fingerprint density at radius 2 is 1.61 bits per heavy atom. The minimum atomic E-state index is -0.969. The summed E-state index contributed by atoms with van der Waals surface area (Å²) in [6.07, 6.45) is 3.18. The molecular formula is C22H26F2N2O2. The molecule has 2 aromatic rings. The fraction of sp³-hybridized carbons (Fsp3) is 0.364. The van der Waals surface area contributed by atoms with Gasteiger partial charge >= 0.3 is 0 Å². The Morgan fingerprint density at radius 1 is 1.00 bits per heavy atom. The number of amides is 2. The van der Waals surface area contributed by atoms with Crippen molar-refractivity contribution < 1.29 is 18.4 Å². The molecule has 0 aliphatic carbocycles. The van der Waals surface area contributed by atoms with Crippen LogP contribution in [0.4, 0.5) is 14.5 Å². The Bertz CT molecular complexity index is 800. The van der Waals surface area contributed by atoms with Gasteiger partial charge in [0.2, 0.25) is 5.91 Å². The van der Waals surface area contributed by atoms with Gasteiger partial charge in [-0.15, -0.1) is 0 Å². The molecule has 0 aromatic heterocycles. The summed E-state index contributed by atoms with van der Waals surface area (Å²) in [5.41, 5.74) is 1.09. The second-order valence-corrected chi connectivity index (χ2v) is 7.08. The fourth-order valence-electron chi connectivity index (χ4n) is 2.82. The molecule has 150 valence electrons. The lowest BCUT2D eigenvalue weighted by molar-refractivity contribution is -0.118. The van der Waals surface area contributed by atoms with Crippen LogP contribution in [0, 0.1) is 17.6 Å². The molecule has 0 unspecified atom stereocenters. The van der Waals surface area contributed by atoms with E-state index in [4.69, 9.17) is 0 Å². The highest BCUT2D eigenvalue weighted by atomic mass is 19.1. The van der Waals surface area contributed by atoms with Gasteiger partial charge in [-0.25, -0.2) is 8.78 Å². The molecular weight excluding hydrogens is 362 g/mol. The quantitative estimate of drug-likeness (QED) is 0.689. The predicted molar refractivity (Wildman–Crippen MR) is 106 cm³/mol. The Hall–Kier alpha value is -2.76. The monoisotopic (exact) mass is 388 g/mol. The number of carbonyl (C=O) groups excluding carboxylic acids is 2. The summed E-state index contributed by atoms with van der Waals surface area (Å²) in [4.78, 5) is 25.0. The van der Waals surface area contributed by atoms with Gasteiger partial charge in [0.05, 0.1) is 0 Å². The molecule has 0 saturated heterocycles. The van der Waals surface area contributed by atoms with Crippen LogP contribution in [0.5, 0.6) is 0 Å². The van der Waals surface area contributed by atoms with Crippen LogP contribution in [0.1, 0.15) is 49.5 Å². The van der Waals surface area contributed by atoms with Crippen molar-refractivity contribution in [3.05, 3.63) is 65.2 Å². The van der Waals surface area contributed by atoms with Gasteiger partial charge in [-0.2, -0.15) is 0 Å². The summed E-state index contributed by atoms with van der Waals surface area (Å²) in [6, 6.07) is 9.75. The molecule has 0 saturated carbocycles. The zero-order chi connectivity index (χ0) is 20.7. The summed E-state index contributed by atoms with van der Waals surface area (Å²) in [5, 5.41) is 5.19. The van der Waals surface area contributed by atoms with Gasteiger partial charge < -0.3 is 10.6 Å². The normalized spacial score (nSPS) is 11.9. The summed E-state index contributed by atoms with van der Waals surface area (Å²) in [6.45, 7) is 5.62. The second kappa shape index (κ2) is 9.97. The van der Waals surface area contributed by atoms with E-state index in [1.54, 1.807) is 26.0 Å². The van der Waals surface area contributed by atoms with Crippen molar-refractivity contribution in [2.24, 2.45) is 5.92 Å². The molecule has 0 bridgehead atoms. The van der Waals surface area contributed by atoms with E-state index in [0.29, 0.717) is 5.69 Å². The first-order chi connectivity index (χ1) is 13.3. The van der Waals surface area contributed by atoms with E-state index in [-0.39, 0.29) is 5.92 Å². The van der Waals surface area contributed by atoms with Crippen LogP contribution in [0.25, 0.3) is 0 Å². The summed E-state index contributed by atoms with van der Waals surface area (Å²) >= 11 is 0. The third-order valence-electron chi connectivity index (χ3n) is 4.47. The maximum absolute atomic E-state index is 13.8. The zero-order valence-corrected chi connectivity index (χ0v) is 16.4. The van der Waals surface area contributed by atoms with Crippen molar-refractivity contribution in [1.29, 1.82) is 0 Å². The second-order valence-electron chi connectivity index (χ2n) is 7.08. The van der Waals surface area contributed by atoms with Crippen molar-refractivity contribution in [3.63, 3.8) is 0 Å². The minimum Gasteiger partial charge on any atom is -0.340 e. The molecule has 6 heteroatoms. The first-order valence-electron chi connectivity index (χ1n) is 9.48. The summed E-state index contributed by atoms with van der Waals surface area (Å²) in [7, 11) is 0. The molecule has 0 fully saturated rings. The Balaban J connectivity index is 2.08. The van der Waals surface area contributed by atoms with Gasteiger partial charge in [-0.05, 0) is 48.6 Å². The molecule has 2 aromatic carbocycles. The lowest BCUT2D eigenvalue weighted by Gasteiger charge is -2.22. The zero-order valence-electron chi connectivity index (χ0n) is 16.4. The first kappa shape index (κ1) is 21.5.